The number of carboxylic acid groups (broad SMARTS) is 4. The van der Waals surface area contributed by atoms with Crippen LogP contribution >= 0.6 is 7.82 Å². The van der Waals surface area contributed by atoms with Crippen LogP contribution in [0, 0.1) is 0 Å². The third-order valence-corrected chi connectivity index (χ3v) is 0. The maximum atomic E-state index is 8.55. The Balaban J connectivity index is -0.00000000569. The van der Waals surface area contributed by atoms with Crippen LogP contribution in [-0.4, -0.2) is 84.1 Å². The molecule has 20 heteroatoms. The summed E-state index contributed by atoms with van der Waals surface area (Å²) in [5, 5.41) is 33.3. The fourth-order valence-corrected chi connectivity index (χ4v) is 0. The summed E-state index contributed by atoms with van der Waals surface area (Å²) in [7, 11) is -5.39. The van der Waals surface area contributed by atoms with Crippen molar-refractivity contribution in [1.82, 2.24) is 0 Å². The van der Waals surface area contributed by atoms with Gasteiger partial charge in [0.05, 0.1) is 0 Å². The molecule has 0 rings (SSSR count). The Morgan fingerprint density at radius 3 is 0.636 bits per heavy atom. The van der Waals surface area contributed by atoms with Crippen LogP contribution in [0.5, 0.6) is 0 Å². The molecule has 0 radical (unpaired) electrons. The molecule has 96 valence electrons. The number of carbonyl (C=O) groups excluding carboxylic acids is 2. The van der Waals surface area contributed by atoms with E-state index in [9.17, 15) is 0 Å². The van der Waals surface area contributed by atoms with Gasteiger partial charge in [-0.1, -0.05) is 0 Å². The largest absolute Gasteiger partial charge is 2.00 e. The van der Waals surface area contributed by atoms with Gasteiger partial charge in [0.15, 0.2) is 0 Å². The van der Waals surface area contributed by atoms with E-state index < -0.39 is 20.1 Å². The van der Waals surface area contributed by atoms with Crippen LogP contribution in [0.25, 0.3) is 0 Å². The van der Waals surface area contributed by atoms with E-state index in [0.29, 0.717) is 0 Å². The average molecular weight is 428 g/mol. The minimum Gasteiger partial charge on any atom is -0.870 e. The first-order chi connectivity index (χ1) is 5.46. The van der Waals surface area contributed by atoms with Crippen LogP contribution in [-0.2, 0) is 4.57 Å². The molecule has 0 aliphatic carbocycles. The first-order valence-electron chi connectivity index (χ1n) is 1.96. The second kappa shape index (κ2) is 56.3. The fourth-order valence-electron chi connectivity index (χ4n) is 0. The van der Waals surface area contributed by atoms with Gasteiger partial charge >= 0.3 is 209 Å². The van der Waals surface area contributed by atoms with Crippen LogP contribution in [0.15, 0.2) is 0 Å². The maximum absolute atomic E-state index is 8.55. The Hall–Kier alpha value is 5.60. The molecular weight excluding hydrogens is 426 g/mol. The molecule has 0 saturated carbocycles. The van der Waals surface area contributed by atoms with Gasteiger partial charge in [-0.15, -0.1) is 0 Å². The topological polar surface area (TPSA) is 273 Å². The molecule has 0 unspecified atom stereocenters. The monoisotopic (exact) mass is 428 g/mol. The molecule has 2 N–H and O–H groups in total. The van der Waals surface area contributed by atoms with Gasteiger partial charge in [0.1, 0.15) is 0 Å². The van der Waals surface area contributed by atoms with E-state index >= 15 is 0 Å². The van der Waals surface area contributed by atoms with Crippen molar-refractivity contribution in [3.8, 4) is 0 Å². The SMILES string of the molecule is O=C([O-])[O-].O=C([O-])[O-].O=P([O-])([O-])[O-].[Ca+2].[Mg+2].[Na+].[Na+].[Na+].[Na+].[Na+].[OH-].[OH-]. The molecule has 0 aromatic heterocycles. The first-order valence-corrected chi connectivity index (χ1v) is 3.42. The Bertz CT molecular complexity index is 189. The van der Waals surface area contributed by atoms with Crippen LogP contribution in [0.3, 0.4) is 0 Å². The second-order valence-corrected chi connectivity index (χ2v) is 1.84. The molecule has 0 aromatic carbocycles. The smallest absolute Gasteiger partial charge is 0.870 e. The molecule has 0 atom stereocenters. The summed E-state index contributed by atoms with van der Waals surface area (Å²) in [6.45, 7) is 0. The summed E-state index contributed by atoms with van der Waals surface area (Å²) in [6.07, 6.45) is -4.67. The van der Waals surface area contributed by atoms with Crippen molar-refractivity contribution in [2.24, 2.45) is 0 Å². The molecule has 0 saturated heterocycles. The van der Waals surface area contributed by atoms with Crippen LogP contribution in [0.1, 0.15) is 0 Å². The fraction of sp³-hybridized carbons (Fsp3) is 0. The predicted octanol–water partition coefficient (Wildman–Crippen LogP) is -23.8. The Morgan fingerprint density at radius 2 is 0.636 bits per heavy atom. The quantitative estimate of drug-likeness (QED) is 0.257. The van der Waals surface area contributed by atoms with E-state index in [4.69, 9.17) is 49.3 Å². The zero-order chi connectivity index (χ0) is 11.7. The summed E-state index contributed by atoms with van der Waals surface area (Å²) in [5.74, 6) is 0. The minimum atomic E-state index is -5.39. The number of phosphoric acid groups is 1. The van der Waals surface area contributed by atoms with Gasteiger partial charge in [0.25, 0.3) is 0 Å². The van der Waals surface area contributed by atoms with Crippen LogP contribution in [0.2, 0.25) is 0 Å². The normalized spacial score (nSPS) is 4.86. The van der Waals surface area contributed by atoms with Gasteiger partial charge in [-0.05, 0) is 12.3 Å². The number of hydrogen-bond acceptors (Lipinski definition) is 12. The molecule has 22 heavy (non-hydrogen) atoms. The maximum Gasteiger partial charge on any atom is 2.00 e. The molecule has 0 heterocycles. The number of hydrogen-bond donors (Lipinski definition) is 0. The molecule has 12 nitrogen and oxygen atoms in total. The summed E-state index contributed by atoms with van der Waals surface area (Å²) in [5.41, 5.74) is 0. The molecule has 0 amide bonds. The standard InChI is InChI=1S/2CH2O3.Ca.Mg.5Na.H3O4P.2H2O/c2*2-1(3)4;;;;;;;;1-5(2,3)4;;/h2*(H2,2,3,4);;;;;;;;(H3,1,2,3,4);2*1H2/q;;2*+2;5*+1;;;/p-9. The molecule has 0 aliphatic rings. The van der Waals surface area contributed by atoms with Crippen LogP contribution < -0.4 is 183 Å². The summed E-state index contributed by atoms with van der Waals surface area (Å²) >= 11 is 0. The van der Waals surface area contributed by atoms with E-state index in [2.05, 4.69) is 0 Å². The van der Waals surface area contributed by atoms with Crippen molar-refractivity contribution in [2.45, 2.75) is 0 Å². The zero-order valence-corrected chi connectivity index (χ0v) is 27.4. The predicted molar refractivity (Wildman–Crippen MR) is 33.8 cm³/mol. The molecule has 0 bridgehead atoms. The van der Waals surface area contributed by atoms with Crippen molar-refractivity contribution >= 4 is 80.9 Å². The minimum absolute atomic E-state index is 0. The van der Waals surface area contributed by atoms with Crippen molar-refractivity contribution in [3.63, 3.8) is 0 Å². The number of rotatable bonds is 0. The van der Waals surface area contributed by atoms with E-state index in [1.54, 1.807) is 0 Å². The Morgan fingerprint density at radius 1 is 0.636 bits per heavy atom. The number of carbonyl (C=O) groups is 2. The second-order valence-electron chi connectivity index (χ2n) is 0.947. The Labute approximate surface area is 282 Å². The van der Waals surface area contributed by atoms with Gasteiger partial charge in [-0.3, -0.25) is 0 Å². The Kier molecular flexibility index (Phi) is 205. The van der Waals surface area contributed by atoms with E-state index in [1.165, 1.54) is 0 Å². The van der Waals surface area contributed by atoms with Gasteiger partial charge in [0.2, 0.25) is 0 Å². The van der Waals surface area contributed by atoms with Crippen molar-refractivity contribution in [3.05, 3.63) is 0 Å². The summed E-state index contributed by atoms with van der Waals surface area (Å²) < 4.78 is 8.55. The summed E-state index contributed by atoms with van der Waals surface area (Å²) in [4.78, 5) is 42.3. The van der Waals surface area contributed by atoms with Gasteiger partial charge in [-0.25, -0.2) is 0 Å². The van der Waals surface area contributed by atoms with Gasteiger partial charge in [0, 0.05) is 0 Å². The average Bonchev–Trinajstić information content (AvgIpc) is 1.50. The first kappa shape index (κ1) is 80.3. The van der Waals surface area contributed by atoms with Crippen LogP contribution in [0.4, 0.5) is 9.59 Å². The molecule has 0 fully saturated rings. The van der Waals surface area contributed by atoms with E-state index in [0.717, 1.165) is 0 Å². The third-order valence-electron chi connectivity index (χ3n) is 0. The van der Waals surface area contributed by atoms with E-state index in [1.807, 2.05) is 0 Å². The van der Waals surface area contributed by atoms with Crippen molar-refractivity contribution in [2.75, 3.05) is 0 Å². The van der Waals surface area contributed by atoms with E-state index in [-0.39, 0.29) is 220 Å². The molecule has 0 spiro atoms. The zero-order valence-electron chi connectivity index (χ0n) is 12.8. The van der Waals surface area contributed by atoms with Gasteiger partial charge in [-0.2, -0.15) is 7.82 Å². The summed E-state index contributed by atoms with van der Waals surface area (Å²) in [6, 6.07) is 0. The molecular formula is C2H2CaMgNa5O12P. The van der Waals surface area contributed by atoms with Crippen molar-refractivity contribution in [1.29, 1.82) is 0 Å². The molecule has 0 aliphatic heterocycles. The molecule has 0 aromatic rings. The van der Waals surface area contributed by atoms with Crippen molar-refractivity contribution < 1.29 is 208 Å². The van der Waals surface area contributed by atoms with Gasteiger partial charge < -0.3 is 60.2 Å². The third kappa shape index (κ3) is 494.